The third-order valence-electron chi connectivity index (χ3n) is 4.16. The average Bonchev–Trinajstić information content (AvgIpc) is 2.55. The van der Waals surface area contributed by atoms with E-state index in [4.69, 9.17) is 5.11 Å². The lowest BCUT2D eigenvalue weighted by Gasteiger charge is -2.24. The minimum Gasteiger partial charge on any atom is -0.478 e. The zero-order valence-corrected chi connectivity index (χ0v) is 13.8. The maximum atomic E-state index is 12.7. The molecule has 1 aliphatic rings. The minimum atomic E-state index is -3.68. The lowest BCUT2D eigenvalue weighted by molar-refractivity contribution is -0.131. The average molecular weight is 346 g/mol. The molecule has 0 radical (unpaired) electrons. The third kappa shape index (κ3) is 3.63. The van der Waals surface area contributed by atoms with Crippen LogP contribution in [0.1, 0.15) is 25.7 Å². The molecule has 0 saturated heterocycles. The van der Waals surface area contributed by atoms with Crippen molar-refractivity contribution in [1.29, 1.82) is 0 Å². The number of carbonyl (C=O) groups is 1. The zero-order chi connectivity index (χ0) is 17.2. The third-order valence-corrected chi connectivity index (χ3v) is 5.71. The quantitative estimate of drug-likeness (QED) is 0.829. The Bertz CT molecular complexity index is 890. The highest BCUT2D eigenvalue weighted by atomic mass is 32.2. The van der Waals surface area contributed by atoms with Crippen molar-refractivity contribution in [3.05, 3.63) is 48.2 Å². The second-order valence-electron chi connectivity index (χ2n) is 5.87. The summed E-state index contributed by atoms with van der Waals surface area (Å²) in [7, 11) is -3.68. The summed E-state index contributed by atoms with van der Waals surface area (Å²) in [5, 5.41) is 9.55. The summed E-state index contributed by atoms with van der Waals surface area (Å²) >= 11 is 0. The van der Waals surface area contributed by atoms with E-state index in [1.165, 1.54) is 6.08 Å². The van der Waals surface area contributed by atoms with Crippen LogP contribution in [0.2, 0.25) is 0 Å². The van der Waals surface area contributed by atoms with Crippen LogP contribution in [0.3, 0.4) is 0 Å². The molecule has 1 aromatic carbocycles. The van der Waals surface area contributed by atoms with Crippen molar-refractivity contribution < 1.29 is 18.3 Å². The second kappa shape index (κ2) is 6.70. The van der Waals surface area contributed by atoms with Gasteiger partial charge in [0.05, 0.1) is 5.52 Å². The topological polar surface area (TPSA) is 96.4 Å². The predicted molar refractivity (Wildman–Crippen MR) is 90.0 cm³/mol. The molecule has 1 aliphatic carbocycles. The number of para-hydroxylation sites is 1. The van der Waals surface area contributed by atoms with Gasteiger partial charge < -0.3 is 5.11 Å². The highest BCUT2D eigenvalue weighted by Crippen LogP contribution is 2.26. The first-order chi connectivity index (χ1) is 11.5. The molecular formula is C17H18N2O4S. The normalized spacial score (nSPS) is 18.5. The number of benzene rings is 1. The van der Waals surface area contributed by atoms with Crippen molar-refractivity contribution in [3.8, 4) is 0 Å². The number of allylic oxidation sites excluding steroid dienone is 1. The molecule has 1 aromatic heterocycles. The van der Waals surface area contributed by atoms with Crippen molar-refractivity contribution in [1.82, 2.24) is 9.71 Å². The molecule has 24 heavy (non-hydrogen) atoms. The van der Waals surface area contributed by atoms with Gasteiger partial charge in [-0.05, 0) is 37.8 Å². The molecule has 0 amide bonds. The lowest BCUT2D eigenvalue weighted by atomic mass is 9.91. The molecule has 3 rings (SSSR count). The van der Waals surface area contributed by atoms with Gasteiger partial charge in [0.1, 0.15) is 4.90 Å². The molecule has 1 saturated carbocycles. The number of hydrogen-bond acceptors (Lipinski definition) is 4. The summed E-state index contributed by atoms with van der Waals surface area (Å²) in [6, 6.07) is 8.48. The van der Waals surface area contributed by atoms with Gasteiger partial charge in [-0.25, -0.2) is 17.9 Å². The molecule has 0 bridgehead atoms. The standard InChI is InChI=1S/C17H18N2O4S/c20-16(21)11-12-6-8-14(9-7-12)19-24(22,23)15-5-1-3-13-4-2-10-18-17(13)15/h1-5,10-11,14,19H,6-9H2,(H,20,21). The van der Waals surface area contributed by atoms with Crippen LogP contribution in [0.15, 0.2) is 53.1 Å². The first-order valence-corrected chi connectivity index (χ1v) is 9.22. The molecule has 7 heteroatoms. The van der Waals surface area contributed by atoms with Gasteiger partial charge in [0.2, 0.25) is 10.0 Å². The van der Waals surface area contributed by atoms with E-state index in [-0.39, 0.29) is 10.9 Å². The first-order valence-electron chi connectivity index (χ1n) is 7.74. The monoisotopic (exact) mass is 346 g/mol. The van der Waals surface area contributed by atoms with Crippen LogP contribution in [0.5, 0.6) is 0 Å². The number of carboxylic acids is 1. The number of aliphatic carboxylic acids is 1. The maximum Gasteiger partial charge on any atom is 0.328 e. The zero-order valence-electron chi connectivity index (χ0n) is 13.0. The Kier molecular flexibility index (Phi) is 4.64. The van der Waals surface area contributed by atoms with Crippen LogP contribution < -0.4 is 4.72 Å². The number of sulfonamides is 1. The number of rotatable bonds is 4. The lowest BCUT2D eigenvalue weighted by Crippen LogP contribution is -2.36. The van der Waals surface area contributed by atoms with Crippen LogP contribution in [-0.2, 0) is 14.8 Å². The van der Waals surface area contributed by atoms with Crippen LogP contribution >= 0.6 is 0 Å². The molecule has 6 nitrogen and oxygen atoms in total. The number of nitrogens with zero attached hydrogens (tertiary/aromatic N) is 1. The molecule has 1 heterocycles. The molecule has 2 N–H and O–H groups in total. The van der Waals surface area contributed by atoms with Crippen LogP contribution in [0.4, 0.5) is 0 Å². The van der Waals surface area contributed by atoms with Crippen LogP contribution in [0, 0.1) is 0 Å². The minimum absolute atomic E-state index is 0.174. The first kappa shape index (κ1) is 16.6. The van der Waals surface area contributed by atoms with Crippen LogP contribution in [0.25, 0.3) is 10.9 Å². The highest BCUT2D eigenvalue weighted by molar-refractivity contribution is 7.89. The van der Waals surface area contributed by atoms with E-state index in [9.17, 15) is 13.2 Å². The number of carboxylic acid groups (broad SMARTS) is 1. The maximum absolute atomic E-state index is 12.7. The molecule has 0 spiro atoms. The summed E-state index contributed by atoms with van der Waals surface area (Å²) < 4.78 is 28.2. The fourth-order valence-electron chi connectivity index (χ4n) is 3.00. The van der Waals surface area contributed by atoms with Crippen molar-refractivity contribution in [2.45, 2.75) is 36.6 Å². The summed E-state index contributed by atoms with van der Waals surface area (Å²) in [5.41, 5.74) is 1.31. The summed E-state index contributed by atoms with van der Waals surface area (Å²) in [4.78, 5) is 15.1. The number of fused-ring (bicyclic) bond motifs is 1. The molecule has 2 aromatic rings. The second-order valence-corrected chi connectivity index (χ2v) is 7.55. The fraction of sp³-hybridized carbons (Fsp3) is 0.294. The molecule has 1 fully saturated rings. The van der Waals surface area contributed by atoms with E-state index >= 15 is 0 Å². The van der Waals surface area contributed by atoms with Crippen LogP contribution in [-0.4, -0.2) is 30.5 Å². The summed E-state index contributed by atoms with van der Waals surface area (Å²) in [6.07, 6.45) is 5.16. The fourth-order valence-corrected chi connectivity index (χ4v) is 4.49. The molecular weight excluding hydrogens is 328 g/mol. The summed E-state index contributed by atoms with van der Waals surface area (Å²) in [5.74, 6) is -0.953. The van der Waals surface area contributed by atoms with E-state index in [0.717, 1.165) is 11.0 Å². The number of nitrogens with one attached hydrogen (secondary N) is 1. The molecule has 0 unspecified atom stereocenters. The van der Waals surface area contributed by atoms with Gasteiger partial charge >= 0.3 is 5.97 Å². The van der Waals surface area contributed by atoms with Gasteiger partial charge in [-0.15, -0.1) is 0 Å². The summed E-state index contributed by atoms with van der Waals surface area (Å²) in [6.45, 7) is 0. The Morgan fingerprint density at radius 2 is 1.92 bits per heavy atom. The van der Waals surface area contributed by atoms with Gasteiger partial charge in [0, 0.05) is 23.7 Å². The Balaban J connectivity index is 1.79. The molecule has 0 atom stereocenters. The SMILES string of the molecule is O=C(O)C=C1CCC(NS(=O)(=O)c2cccc3cccnc23)CC1. The van der Waals surface area contributed by atoms with Gasteiger partial charge in [-0.2, -0.15) is 0 Å². The molecule has 0 aliphatic heterocycles. The predicted octanol–water partition coefficient (Wildman–Crippen LogP) is 2.47. The van der Waals surface area contributed by atoms with Gasteiger partial charge in [-0.1, -0.05) is 23.8 Å². The largest absolute Gasteiger partial charge is 0.478 e. The number of aromatic nitrogens is 1. The Hall–Kier alpha value is -2.25. The smallest absolute Gasteiger partial charge is 0.328 e. The Morgan fingerprint density at radius 1 is 1.21 bits per heavy atom. The van der Waals surface area contributed by atoms with Crippen molar-refractivity contribution in [2.24, 2.45) is 0 Å². The van der Waals surface area contributed by atoms with E-state index in [1.807, 2.05) is 12.1 Å². The van der Waals surface area contributed by atoms with Gasteiger partial charge in [-0.3, -0.25) is 4.98 Å². The van der Waals surface area contributed by atoms with Gasteiger partial charge in [0.15, 0.2) is 0 Å². The Morgan fingerprint density at radius 3 is 2.62 bits per heavy atom. The molecule has 126 valence electrons. The van der Waals surface area contributed by atoms with Crippen molar-refractivity contribution >= 4 is 26.9 Å². The van der Waals surface area contributed by atoms with E-state index in [1.54, 1.807) is 24.4 Å². The van der Waals surface area contributed by atoms with Crippen molar-refractivity contribution in [2.75, 3.05) is 0 Å². The van der Waals surface area contributed by atoms with E-state index < -0.39 is 16.0 Å². The Labute approximate surface area is 140 Å². The van der Waals surface area contributed by atoms with Gasteiger partial charge in [0.25, 0.3) is 0 Å². The highest BCUT2D eigenvalue weighted by Gasteiger charge is 2.25. The number of hydrogen-bond donors (Lipinski definition) is 2. The number of pyridine rings is 1. The van der Waals surface area contributed by atoms with E-state index in [2.05, 4.69) is 9.71 Å². The van der Waals surface area contributed by atoms with E-state index in [0.29, 0.717) is 31.2 Å². The van der Waals surface area contributed by atoms with Crippen molar-refractivity contribution in [3.63, 3.8) is 0 Å².